The first kappa shape index (κ1) is 6.56. The van der Waals surface area contributed by atoms with Crippen molar-refractivity contribution in [3.8, 4) is 0 Å². The molecule has 0 nitrogen and oxygen atoms in total. The third-order valence-electron chi connectivity index (χ3n) is 1.03. The van der Waals surface area contributed by atoms with Crippen molar-refractivity contribution >= 4 is 23.5 Å². The molecule has 0 aromatic heterocycles. The Morgan fingerprint density at radius 1 is 1.88 bits per heavy atom. The van der Waals surface area contributed by atoms with Crippen LogP contribution in [0.1, 0.15) is 6.92 Å². The van der Waals surface area contributed by atoms with E-state index in [0.29, 0.717) is 5.25 Å². The standard InChI is InChI=1S/C6H9S2/c1-3-6-4-7-5(2)8-6/h3,6H,1,4H2,2H3. The van der Waals surface area contributed by atoms with E-state index in [1.54, 1.807) is 0 Å². The van der Waals surface area contributed by atoms with Crippen molar-refractivity contribution in [2.75, 3.05) is 5.75 Å². The summed E-state index contributed by atoms with van der Waals surface area (Å²) < 4.78 is 1.48. The van der Waals surface area contributed by atoms with Crippen molar-refractivity contribution in [3.63, 3.8) is 0 Å². The maximum Gasteiger partial charge on any atom is 0.0824 e. The fourth-order valence-electron chi connectivity index (χ4n) is 0.597. The normalized spacial score (nSPS) is 30.9. The molecule has 1 fully saturated rings. The molecule has 1 saturated heterocycles. The number of hydrogen-bond donors (Lipinski definition) is 0. The molecule has 8 heavy (non-hydrogen) atoms. The van der Waals surface area contributed by atoms with Crippen LogP contribution in [0.2, 0.25) is 0 Å². The Hall–Kier alpha value is 0.440. The van der Waals surface area contributed by atoms with Gasteiger partial charge in [0.25, 0.3) is 0 Å². The summed E-state index contributed by atoms with van der Waals surface area (Å²) in [4.78, 5) is 0. The minimum atomic E-state index is 0.681. The molecule has 1 rings (SSSR count). The minimum absolute atomic E-state index is 0.681. The second-order valence-corrected chi connectivity index (χ2v) is 4.64. The summed E-state index contributed by atoms with van der Waals surface area (Å²) in [5, 5.41) is 0.681. The molecule has 1 aliphatic rings. The molecule has 0 bridgehead atoms. The van der Waals surface area contributed by atoms with Crippen LogP contribution in [-0.2, 0) is 0 Å². The van der Waals surface area contributed by atoms with E-state index in [9.17, 15) is 0 Å². The highest BCUT2D eigenvalue weighted by atomic mass is 32.2. The van der Waals surface area contributed by atoms with Crippen LogP contribution in [0.25, 0.3) is 0 Å². The van der Waals surface area contributed by atoms with Gasteiger partial charge in [-0.15, -0.1) is 30.1 Å². The van der Waals surface area contributed by atoms with Crippen molar-refractivity contribution in [1.82, 2.24) is 0 Å². The van der Waals surface area contributed by atoms with E-state index in [4.69, 9.17) is 0 Å². The van der Waals surface area contributed by atoms with E-state index in [2.05, 4.69) is 13.5 Å². The van der Waals surface area contributed by atoms with E-state index in [-0.39, 0.29) is 0 Å². The van der Waals surface area contributed by atoms with Gasteiger partial charge in [0.15, 0.2) is 0 Å². The summed E-state index contributed by atoms with van der Waals surface area (Å²) >= 11 is 3.87. The number of rotatable bonds is 1. The van der Waals surface area contributed by atoms with Crippen LogP contribution in [0.5, 0.6) is 0 Å². The third kappa shape index (κ3) is 1.46. The third-order valence-corrected chi connectivity index (χ3v) is 3.81. The van der Waals surface area contributed by atoms with Crippen molar-refractivity contribution < 1.29 is 0 Å². The van der Waals surface area contributed by atoms with Crippen LogP contribution < -0.4 is 0 Å². The average Bonchev–Trinajstić information content (AvgIpc) is 2.14. The number of hydrogen-bond acceptors (Lipinski definition) is 2. The first-order chi connectivity index (χ1) is 3.83. The zero-order valence-electron chi connectivity index (χ0n) is 4.89. The second kappa shape index (κ2) is 2.83. The Morgan fingerprint density at radius 2 is 2.62 bits per heavy atom. The predicted molar refractivity (Wildman–Crippen MR) is 43.0 cm³/mol. The van der Waals surface area contributed by atoms with Gasteiger partial charge in [-0.2, -0.15) is 0 Å². The summed E-state index contributed by atoms with van der Waals surface area (Å²) in [5.74, 6) is 1.22. The van der Waals surface area contributed by atoms with Crippen molar-refractivity contribution in [2.24, 2.45) is 0 Å². The molecule has 0 N–H and O–H groups in total. The lowest BCUT2D eigenvalue weighted by Crippen LogP contribution is -1.91. The molecule has 1 atom stereocenters. The molecule has 45 valence electrons. The van der Waals surface area contributed by atoms with Crippen molar-refractivity contribution in [2.45, 2.75) is 12.2 Å². The van der Waals surface area contributed by atoms with Crippen LogP contribution in [0.15, 0.2) is 12.7 Å². The summed E-state index contributed by atoms with van der Waals surface area (Å²) in [6, 6.07) is 0. The monoisotopic (exact) mass is 145 g/mol. The zero-order chi connectivity index (χ0) is 5.98. The molecule has 1 heterocycles. The van der Waals surface area contributed by atoms with Gasteiger partial charge >= 0.3 is 0 Å². The SMILES string of the molecule is C=CC1CS[C](C)S1. The molecular formula is C6H9S2. The first-order valence-electron chi connectivity index (χ1n) is 2.58. The maximum atomic E-state index is 3.73. The topological polar surface area (TPSA) is 0 Å². The molecule has 0 spiro atoms. The molecule has 1 radical (unpaired) electrons. The number of thioether (sulfide) groups is 2. The predicted octanol–water partition coefficient (Wildman–Crippen LogP) is 2.53. The lowest BCUT2D eigenvalue weighted by Gasteiger charge is -1.96. The van der Waals surface area contributed by atoms with E-state index in [0.717, 1.165) is 0 Å². The molecule has 1 unspecified atom stereocenters. The van der Waals surface area contributed by atoms with Crippen molar-refractivity contribution in [1.29, 1.82) is 0 Å². The van der Waals surface area contributed by atoms with E-state index in [1.807, 2.05) is 29.6 Å². The van der Waals surface area contributed by atoms with Gasteiger partial charge in [-0.05, 0) is 6.92 Å². The minimum Gasteiger partial charge on any atom is -0.141 e. The molecule has 1 aliphatic heterocycles. The lowest BCUT2D eigenvalue weighted by atomic mass is 10.5. The van der Waals surface area contributed by atoms with Gasteiger partial charge in [-0.3, -0.25) is 0 Å². The van der Waals surface area contributed by atoms with Gasteiger partial charge in [0.1, 0.15) is 0 Å². The summed E-state index contributed by atoms with van der Waals surface area (Å²) in [5.41, 5.74) is 0. The van der Waals surface area contributed by atoms with Crippen LogP contribution >= 0.6 is 23.5 Å². The van der Waals surface area contributed by atoms with E-state index < -0.39 is 0 Å². The van der Waals surface area contributed by atoms with E-state index in [1.165, 1.54) is 10.3 Å². The molecule has 0 saturated carbocycles. The van der Waals surface area contributed by atoms with Gasteiger partial charge in [0.05, 0.1) is 4.58 Å². The van der Waals surface area contributed by atoms with Crippen molar-refractivity contribution in [3.05, 3.63) is 17.2 Å². The summed E-state index contributed by atoms with van der Waals surface area (Å²) in [7, 11) is 0. The molecule has 0 aromatic carbocycles. The second-order valence-electron chi connectivity index (χ2n) is 1.69. The van der Waals surface area contributed by atoms with Crippen LogP contribution in [-0.4, -0.2) is 11.0 Å². The van der Waals surface area contributed by atoms with Crippen LogP contribution in [0.3, 0.4) is 0 Å². The molecular weight excluding hydrogens is 136 g/mol. The molecule has 0 aromatic rings. The summed E-state index contributed by atoms with van der Waals surface area (Å²) in [6.07, 6.45) is 2.02. The van der Waals surface area contributed by atoms with E-state index >= 15 is 0 Å². The highest BCUT2D eigenvalue weighted by Crippen LogP contribution is 2.43. The first-order valence-corrected chi connectivity index (χ1v) is 4.45. The Balaban J connectivity index is 2.32. The molecule has 0 aliphatic carbocycles. The average molecular weight is 145 g/mol. The lowest BCUT2D eigenvalue weighted by molar-refractivity contribution is 1.30. The smallest absolute Gasteiger partial charge is 0.0824 e. The van der Waals surface area contributed by atoms with Gasteiger partial charge in [-0.1, -0.05) is 6.08 Å². The highest BCUT2D eigenvalue weighted by molar-refractivity contribution is 8.24. The van der Waals surface area contributed by atoms with Crippen LogP contribution in [0.4, 0.5) is 0 Å². The maximum absolute atomic E-state index is 3.73. The van der Waals surface area contributed by atoms with Gasteiger partial charge in [0, 0.05) is 11.0 Å². The molecule has 2 heteroatoms. The molecule has 0 amide bonds. The van der Waals surface area contributed by atoms with Gasteiger partial charge in [-0.25, -0.2) is 0 Å². The zero-order valence-corrected chi connectivity index (χ0v) is 6.52. The Bertz CT molecular complexity index is 90.5. The fraction of sp³-hybridized carbons (Fsp3) is 0.500. The van der Waals surface area contributed by atoms with Crippen LogP contribution in [0, 0.1) is 4.58 Å². The highest BCUT2D eigenvalue weighted by Gasteiger charge is 2.19. The Morgan fingerprint density at radius 3 is 2.88 bits per heavy atom. The fourth-order valence-corrected chi connectivity index (χ4v) is 2.98. The Kier molecular flexibility index (Phi) is 2.32. The van der Waals surface area contributed by atoms with Gasteiger partial charge < -0.3 is 0 Å². The Labute approximate surface area is 59.1 Å². The quantitative estimate of drug-likeness (QED) is 0.520. The summed E-state index contributed by atoms with van der Waals surface area (Å²) in [6.45, 7) is 5.90. The van der Waals surface area contributed by atoms with Gasteiger partial charge in [0.2, 0.25) is 0 Å². The largest absolute Gasteiger partial charge is 0.141 e.